The summed E-state index contributed by atoms with van der Waals surface area (Å²) in [5, 5.41) is 0. The highest BCUT2D eigenvalue weighted by Gasteiger charge is 2.10. The van der Waals surface area contributed by atoms with Gasteiger partial charge in [0.05, 0.1) is 7.11 Å². The van der Waals surface area contributed by atoms with Crippen molar-refractivity contribution < 1.29 is 9.53 Å². The highest BCUT2D eigenvalue weighted by molar-refractivity contribution is 5.69. The van der Waals surface area contributed by atoms with Crippen molar-refractivity contribution >= 4 is 5.97 Å². The molecule has 0 aromatic rings. The number of esters is 1. The van der Waals surface area contributed by atoms with Crippen LogP contribution in [0.1, 0.15) is 26.2 Å². The highest BCUT2D eigenvalue weighted by atomic mass is 16.5. The zero-order valence-corrected chi connectivity index (χ0v) is 9.45. The molecule has 0 spiro atoms. The normalized spacial score (nSPS) is 12.9. The van der Waals surface area contributed by atoms with Gasteiger partial charge in [-0.15, -0.1) is 0 Å². The van der Waals surface area contributed by atoms with Gasteiger partial charge in [-0.3, -0.25) is 4.79 Å². The van der Waals surface area contributed by atoms with E-state index in [9.17, 15) is 4.79 Å². The van der Waals surface area contributed by atoms with Crippen LogP contribution >= 0.6 is 0 Å². The maximum absolute atomic E-state index is 10.8. The van der Waals surface area contributed by atoms with Crippen molar-refractivity contribution in [2.75, 3.05) is 27.2 Å². The number of hydrogen-bond donors (Lipinski definition) is 1. The molecule has 0 heterocycles. The number of hydrogen-bond acceptors (Lipinski definition) is 4. The Kier molecular flexibility index (Phi) is 7.42. The van der Waals surface area contributed by atoms with Crippen molar-refractivity contribution in [1.29, 1.82) is 0 Å². The molecule has 0 radical (unpaired) electrons. The molecular formula is C10H22N2O2. The van der Waals surface area contributed by atoms with Crippen molar-refractivity contribution in [3.63, 3.8) is 0 Å². The van der Waals surface area contributed by atoms with E-state index >= 15 is 0 Å². The smallest absolute Gasteiger partial charge is 0.305 e. The lowest BCUT2D eigenvalue weighted by Gasteiger charge is -2.25. The molecule has 1 atom stereocenters. The molecule has 4 heteroatoms. The Bertz CT molecular complexity index is 158. The van der Waals surface area contributed by atoms with E-state index in [0.717, 1.165) is 19.4 Å². The third-order valence-corrected chi connectivity index (χ3v) is 2.49. The van der Waals surface area contributed by atoms with Crippen LogP contribution in [-0.4, -0.2) is 44.2 Å². The van der Waals surface area contributed by atoms with E-state index < -0.39 is 0 Å². The number of methoxy groups -OCH3 is 1. The first kappa shape index (κ1) is 13.4. The predicted octanol–water partition coefficient (Wildman–Crippen LogP) is 0.609. The minimum atomic E-state index is -0.140. The van der Waals surface area contributed by atoms with Crippen molar-refractivity contribution in [3.8, 4) is 0 Å². The summed E-state index contributed by atoms with van der Waals surface area (Å²) in [5.41, 5.74) is 5.61. The molecule has 0 amide bonds. The molecule has 0 aromatic heterocycles. The fourth-order valence-corrected chi connectivity index (χ4v) is 1.42. The lowest BCUT2D eigenvalue weighted by atomic mass is 10.2. The van der Waals surface area contributed by atoms with E-state index in [1.54, 1.807) is 0 Å². The zero-order valence-electron chi connectivity index (χ0n) is 9.45. The number of likely N-dealkylation sites (N-methyl/N-ethyl adjacent to an activating group) is 1. The summed E-state index contributed by atoms with van der Waals surface area (Å²) in [6, 6.07) is 0.424. The van der Waals surface area contributed by atoms with Gasteiger partial charge in [0.2, 0.25) is 0 Å². The van der Waals surface area contributed by atoms with Crippen LogP contribution in [0.15, 0.2) is 0 Å². The Hall–Kier alpha value is -0.610. The van der Waals surface area contributed by atoms with Crippen LogP contribution in [0.4, 0.5) is 0 Å². The van der Waals surface area contributed by atoms with Gasteiger partial charge in [-0.2, -0.15) is 0 Å². The highest BCUT2D eigenvalue weighted by Crippen LogP contribution is 2.02. The number of nitrogens with two attached hydrogens (primary N) is 1. The summed E-state index contributed by atoms with van der Waals surface area (Å²) < 4.78 is 4.56. The Morgan fingerprint density at radius 3 is 2.64 bits per heavy atom. The van der Waals surface area contributed by atoms with Crippen LogP contribution in [0.3, 0.4) is 0 Å². The molecule has 0 aromatic carbocycles. The second-order valence-electron chi connectivity index (χ2n) is 3.46. The molecule has 0 fully saturated rings. The zero-order chi connectivity index (χ0) is 11.0. The first-order chi connectivity index (χ1) is 6.65. The van der Waals surface area contributed by atoms with Gasteiger partial charge in [0.1, 0.15) is 0 Å². The van der Waals surface area contributed by atoms with Crippen LogP contribution in [-0.2, 0) is 9.53 Å². The van der Waals surface area contributed by atoms with Gasteiger partial charge in [-0.05, 0) is 26.4 Å². The van der Waals surface area contributed by atoms with Gasteiger partial charge < -0.3 is 15.4 Å². The standard InChI is InChI=1S/C10H22N2O2/c1-4-9(8-11)12(2)7-5-6-10(13)14-3/h9H,4-8,11H2,1-3H3. The monoisotopic (exact) mass is 202 g/mol. The minimum Gasteiger partial charge on any atom is -0.469 e. The van der Waals surface area contributed by atoms with Gasteiger partial charge in [-0.25, -0.2) is 0 Å². The van der Waals surface area contributed by atoms with Crippen molar-refractivity contribution in [2.45, 2.75) is 32.2 Å². The summed E-state index contributed by atoms with van der Waals surface area (Å²) in [6.07, 6.45) is 2.37. The Morgan fingerprint density at radius 2 is 2.21 bits per heavy atom. The van der Waals surface area contributed by atoms with E-state index in [4.69, 9.17) is 5.73 Å². The summed E-state index contributed by atoms with van der Waals surface area (Å²) in [4.78, 5) is 13.0. The lowest BCUT2D eigenvalue weighted by Crippen LogP contribution is -2.38. The van der Waals surface area contributed by atoms with E-state index in [-0.39, 0.29) is 5.97 Å². The molecule has 84 valence electrons. The second kappa shape index (κ2) is 7.76. The van der Waals surface area contributed by atoms with Gasteiger partial charge >= 0.3 is 5.97 Å². The Labute approximate surface area is 86.4 Å². The second-order valence-corrected chi connectivity index (χ2v) is 3.46. The van der Waals surface area contributed by atoms with E-state index in [2.05, 4.69) is 16.6 Å². The average Bonchev–Trinajstić information content (AvgIpc) is 2.19. The SMILES string of the molecule is CCC(CN)N(C)CCCC(=O)OC. The third kappa shape index (κ3) is 5.19. The summed E-state index contributed by atoms with van der Waals surface area (Å²) in [6.45, 7) is 3.68. The quantitative estimate of drug-likeness (QED) is 0.614. The summed E-state index contributed by atoms with van der Waals surface area (Å²) >= 11 is 0. The molecule has 0 rings (SSSR count). The van der Waals surface area contributed by atoms with Crippen LogP contribution in [0.2, 0.25) is 0 Å². The van der Waals surface area contributed by atoms with Crippen LogP contribution in [0.5, 0.6) is 0 Å². The first-order valence-corrected chi connectivity index (χ1v) is 5.12. The van der Waals surface area contributed by atoms with Gasteiger partial charge in [0.15, 0.2) is 0 Å². The van der Waals surface area contributed by atoms with Gasteiger partial charge in [0.25, 0.3) is 0 Å². The molecule has 0 saturated carbocycles. The molecular weight excluding hydrogens is 180 g/mol. The van der Waals surface area contributed by atoms with Crippen LogP contribution in [0.25, 0.3) is 0 Å². The average molecular weight is 202 g/mol. The molecule has 0 aliphatic rings. The van der Waals surface area contributed by atoms with Gasteiger partial charge in [-0.1, -0.05) is 6.92 Å². The Balaban J connectivity index is 3.61. The maximum atomic E-state index is 10.8. The molecule has 2 N–H and O–H groups in total. The number of nitrogens with zero attached hydrogens (tertiary/aromatic N) is 1. The first-order valence-electron chi connectivity index (χ1n) is 5.12. The largest absolute Gasteiger partial charge is 0.469 e. The molecule has 0 bridgehead atoms. The topological polar surface area (TPSA) is 55.6 Å². The predicted molar refractivity (Wildman–Crippen MR) is 57.0 cm³/mol. The van der Waals surface area contributed by atoms with Crippen LogP contribution < -0.4 is 5.73 Å². The van der Waals surface area contributed by atoms with Crippen molar-refractivity contribution in [2.24, 2.45) is 5.73 Å². The molecule has 0 saturated heterocycles. The number of ether oxygens (including phenoxy) is 1. The fraction of sp³-hybridized carbons (Fsp3) is 0.900. The maximum Gasteiger partial charge on any atom is 0.305 e. The molecule has 14 heavy (non-hydrogen) atoms. The summed E-state index contributed by atoms with van der Waals surface area (Å²) in [5.74, 6) is -0.140. The van der Waals surface area contributed by atoms with Crippen molar-refractivity contribution in [3.05, 3.63) is 0 Å². The van der Waals surface area contributed by atoms with E-state index in [1.807, 2.05) is 7.05 Å². The minimum absolute atomic E-state index is 0.140. The molecule has 0 aliphatic heterocycles. The molecule has 1 unspecified atom stereocenters. The molecule has 4 nitrogen and oxygen atoms in total. The van der Waals surface area contributed by atoms with Gasteiger partial charge in [0, 0.05) is 19.0 Å². The van der Waals surface area contributed by atoms with Crippen molar-refractivity contribution in [1.82, 2.24) is 4.90 Å². The number of carbonyl (C=O) groups is 1. The lowest BCUT2D eigenvalue weighted by molar-refractivity contribution is -0.140. The van der Waals surface area contributed by atoms with Crippen LogP contribution in [0, 0.1) is 0 Å². The molecule has 0 aliphatic carbocycles. The number of rotatable bonds is 7. The Morgan fingerprint density at radius 1 is 1.57 bits per heavy atom. The van der Waals surface area contributed by atoms with E-state index in [0.29, 0.717) is 19.0 Å². The number of carbonyl (C=O) groups excluding carboxylic acids is 1. The van der Waals surface area contributed by atoms with E-state index in [1.165, 1.54) is 7.11 Å². The summed E-state index contributed by atoms with van der Waals surface area (Å²) in [7, 11) is 3.46. The fourth-order valence-electron chi connectivity index (χ4n) is 1.42. The third-order valence-electron chi connectivity index (χ3n) is 2.49.